The van der Waals surface area contributed by atoms with Crippen LogP contribution in [0.15, 0.2) is 28.7 Å². The third kappa shape index (κ3) is 2.76. The lowest BCUT2D eigenvalue weighted by Crippen LogP contribution is -2.29. The van der Waals surface area contributed by atoms with E-state index in [0.717, 1.165) is 22.4 Å². The summed E-state index contributed by atoms with van der Waals surface area (Å²) in [5.41, 5.74) is 5.90. The number of halogens is 1. The molecule has 0 bridgehead atoms. The molecule has 5 heteroatoms. The minimum atomic E-state index is -0.239. The zero-order chi connectivity index (χ0) is 14.0. The van der Waals surface area contributed by atoms with E-state index in [0.29, 0.717) is 11.0 Å². The summed E-state index contributed by atoms with van der Waals surface area (Å²) in [5, 5.41) is 0.345. The highest BCUT2D eigenvalue weighted by Crippen LogP contribution is 2.31. The Hall–Kier alpha value is -1.49. The van der Waals surface area contributed by atoms with Crippen LogP contribution in [0.5, 0.6) is 5.75 Å². The molecule has 0 aliphatic heterocycles. The highest BCUT2D eigenvalue weighted by Gasteiger charge is 2.19. The number of benzene rings is 1. The van der Waals surface area contributed by atoms with Gasteiger partial charge in [-0.25, -0.2) is 5.43 Å². The van der Waals surface area contributed by atoms with Crippen LogP contribution >= 0.6 is 11.6 Å². The van der Waals surface area contributed by atoms with E-state index in [1.165, 1.54) is 0 Å². The molecule has 0 radical (unpaired) electrons. The number of nitrogens with one attached hydrogen (secondary N) is 1. The molecule has 0 spiro atoms. The second-order valence-electron chi connectivity index (χ2n) is 4.42. The van der Waals surface area contributed by atoms with Gasteiger partial charge < -0.3 is 9.15 Å². The SMILES string of the molecule is COc1cc(C)c(C(NN)c2ccc(Cl)o2)cc1C. The highest BCUT2D eigenvalue weighted by molar-refractivity contribution is 6.28. The van der Waals surface area contributed by atoms with E-state index in [9.17, 15) is 0 Å². The van der Waals surface area contributed by atoms with Gasteiger partial charge in [-0.3, -0.25) is 5.84 Å². The van der Waals surface area contributed by atoms with Crippen LogP contribution < -0.4 is 16.0 Å². The van der Waals surface area contributed by atoms with Crippen molar-refractivity contribution in [3.63, 3.8) is 0 Å². The number of hydrogen-bond donors (Lipinski definition) is 2. The molecule has 0 saturated heterocycles. The molecule has 2 rings (SSSR count). The molecule has 0 aliphatic carbocycles. The van der Waals surface area contributed by atoms with Crippen LogP contribution in [0.25, 0.3) is 0 Å². The Balaban J connectivity index is 2.47. The summed E-state index contributed by atoms with van der Waals surface area (Å²) in [7, 11) is 1.66. The number of hydrazine groups is 1. The monoisotopic (exact) mass is 280 g/mol. The standard InChI is InChI=1S/C14H17ClN2O2/c1-8-7-12(18-3)9(2)6-10(8)14(17-16)11-4-5-13(15)19-11/h4-7,14,17H,16H2,1-3H3. The van der Waals surface area contributed by atoms with E-state index in [2.05, 4.69) is 5.43 Å². The lowest BCUT2D eigenvalue weighted by atomic mass is 9.97. The molecule has 1 aromatic carbocycles. The molecule has 1 atom stereocenters. The Bertz CT molecular complexity index is 581. The van der Waals surface area contributed by atoms with Crippen molar-refractivity contribution in [1.82, 2.24) is 5.43 Å². The molecule has 0 fully saturated rings. The zero-order valence-corrected chi connectivity index (χ0v) is 11.9. The van der Waals surface area contributed by atoms with E-state index >= 15 is 0 Å². The molecule has 2 aromatic rings. The van der Waals surface area contributed by atoms with Gasteiger partial charge in [0, 0.05) is 0 Å². The molecular weight excluding hydrogens is 264 g/mol. The number of nitrogens with two attached hydrogens (primary N) is 1. The van der Waals surface area contributed by atoms with E-state index in [1.54, 1.807) is 13.2 Å². The number of aryl methyl sites for hydroxylation is 2. The number of methoxy groups -OCH3 is 1. The molecule has 19 heavy (non-hydrogen) atoms. The van der Waals surface area contributed by atoms with E-state index in [1.807, 2.05) is 32.0 Å². The maximum atomic E-state index is 5.81. The van der Waals surface area contributed by atoms with Crippen LogP contribution in [0.4, 0.5) is 0 Å². The molecule has 3 N–H and O–H groups in total. The normalized spacial score (nSPS) is 12.5. The summed E-state index contributed by atoms with van der Waals surface area (Å²) in [6, 6.07) is 7.30. The quantitative estimate of drug-likeness (QED) is 0.667. The van der Waals surface area contributed by atoms with Gasteiger partial charge in [0.2, 0.25) is 0 Å². The third-order valence-electron chi connectivity index (χ3n) is 3.14. The fourth-order valence-electron chi connectivity index (χ4n) is 2.15. The van der Waals surface area contributed by atoms with Gasteiger partial charge >= 0.3 is 0 Å². The predicted molar refractivity (Wildman–Crippen MR) is 75.4 cm³/mol. The van der Waals surface area contributed by atoms with Crippen molar-refractivity contribution in [3.8, 4) is 5.75 Å². The molecule has 1 heterocycles. The van der Waals surface area contributed by atoms with Crippen molar-refractivity contribution in [2.24, 2.45) is 5.84 Å². The predicted octanol–water partition coefficient (Wildman–Crippen LogP) is 3.11. The largest absolute Gasteiger partial charge is 0.496 e. The van der Waals surface area contributed by atoms with E-state index < -0.39 is 0 Å². The highest BCUT2D eigenvalue weighted by atomic mass is 35.5. The molecule has 1 aromatic heterocycles. The third-order valence-corrected chi connectivity index (χ3v) is 3.34. The average Bonchev–Trinajstić information content (AvgIpc) is 2.80. The second-order valence-corrected chi connectivity index (χ2v) is 4.79. The summed E-state index contributed by atoms with van der Waals surface area (Å²) in [6.45, 7) is 4.00. The summed E-state index contributed by atoms with van der Waals surface area (Å²) in [4.78, 5) is 0. The second kappa shape index (κ2) is 5.65. The number of ether oxygens (including phenoxy) is 1. The summed E-state index contributed by atoms with van der Waals surface area (Å²) in [6.07, 6.45) is 0. The van der Waals surface area contributed by atoms with Crippen molar-refractivity contribution in [2.45, 2.75) is 19.9 Å². The summed E-state index contributed by atoms with van der Waals surface area (Å²) in [5.74, 6) is 7.19. The van der Waals surface area contributed by atoms with Crippen LogP contribution in [0, 0.1) is 13.8 Å². The molecular formula is C14H17ClN2O2. The van der Waals surface area contributed by atoms with Gasteiger partial charge in [-0.1, -0.05) is 6.07 Å². The van der Waals surface area contributed by atoms with Crippen LogP contribution in [0.3, 0.4) is 0 Å². The molecule has 4 nitrogen and oxygen atoms in total. The first-order valence-corrected chi connectivity index (χ1v) is 6.31. The van der Waals surface area contributed by atoms with Gasteiger partial charge in [0.25, 0.3) is 0 Å². The summed E-state index contributed by atoms with van der Waals surface area (Å²) < 4.78 is 10.7. The Morgan fingerprint density at radius 3 is 2.53 bits per heavy atom. The number of hydrogen-bond acceptors (Lipinski definition) is 4. The van der Waals surface area contributed by atoms with E-state index in [4.69, 9.17) is 26.6 Å². The maximum Gasteiger partial charge on any atom is 0.193 e. The van der Waals surface area contributed by atoms with Crippen LogP contribution in [-0.4, -0.2) is 7.11 Å². The molecule has 102 valence electrons. The molecule has 0 amide bonds. The van der Waals surface area contributed by atoms with Crippen molar-refractivity contribution in [3.05, 3.63) is 51.9 Å². The van der Waals surface area contributed by atoms with Gasteiger partial charge in [-0.15, -0.1) is 0 Å². The van der Waals surface area contributed by atoms with Crippen molar-refractivity contribution >= 4 is 11.6 Å². The van der Waals surface area contributed by atoms with Crippen LogP contribution in [0.1, 0.15) is 28.5 Å². The first-order chi connectivity index (χ1) is 9.06. The Kier molecular flexibility index (Phi) is 4.14. The van der Waals surface area contributed by atoms with Crippen molar-refractivity contribution in [2.75, 3.05) is 7.11 Å². The van der Waals surface area contributed by atoms with Gasteiger partial charge in [0.05, 0.1) is 7.11 Å². The molecule has 0 aliphatic rings. The molecule has 1 unspecified atom stereocenters. The summed E-state index contributed by atoms with van der Waals surface area (Å²) >= 11 is 5.81. The average molecular weight is 281 g/mol. The zero-order valence-electron chi connectivity index (χ0n) is 11.2. The van der Waals surface area contributed by atoms with Crippen LogP contribution in [0.2, 0.25) is 5.22 Å². The van der Waals surface area contributed by atoms with Gasteiger partial charge in [0.15, 0.2) is 5.22 Å². The topological polar surface area (TPSA) is 60.4 Å². The smallest absolute Gasteiger partial charge is 0.193 e. The lowest BCUT2D eigenvalue weighted by Gasteiger charge is -2.18. The van der Waals surface area contributed by atoms with Crippen LogP contribution in [-0.2, 0) is 0 Å². The fraction of sp³-hybridized carbons (Fsp3) is 0.286. The number of furan rings is 1. The van der Waals surface area contributed by atoms with E-state index in [-0.39, 0.29) is 6.04 Å². The lowest BCUT2D eigenvalue weighted by molar-refractivity contribution is 0.410. The minimum Gasteiger partial charge on any atom is -0.496 e. The molecule has 0 saturated carbocycles. The van der Waals surface area contributed by atoms with Gasteiger partial charge in [-0.2, -0.15) is 0 Å². The fourth-order valence-corrected chi connectivity index (χ4v) is 2.30. The Labute approximate surface area is 117 Å². The Morgan fingerprint density at radius 2 is 2.00 bits per heavy atom. The first-order valence-electron chi connectivity index (χ1n) is 5.93. The maximum absolute atomic E-state index is 5.81. The van der Waals surface area contributed by atoms with Crippen molar-refractivity contribution in [1.29, 1.82) is 0 Å². The number of rotatable bonds is 4. The minimum absolute atomic E-state index is 0.239. The van der Waals surface area contributed by atoms with Crippen molar-refractivity contribution < 1.29 is 9.15 Å². The first kappa shape index (κ1) is 13.9. The Morgan fingerprint density at radius 1 is 1.26 bits per heavy atom. The van der Waals surface area contributed by atoms with Gasteiger partial charge in [-0.05, 0) is 60.3 Å². The van der Waals surface area contributed by atoms with Gasteiger partial charge in [0.1, 0.15) is 17.6 Å².